The monoisotopic (exact) mass is 349 g/mol. The van der Waals surface area contributed by atoms with Gasteiger partial charge in [0, 0.05) is 0 Å². The molecule has 0 saturated carbocycles. The average molecular weight is 349 g/mol. The maximum absolute atomic E-state index is 11.5. The van der Waals surface area contributed by atoms with Crippen molar-refractivity contribution in [1.82, 2.24) is 0 Å². The van der Waals surface area contributed by atoms with Gasteiger partial charge in [-0.15, -0.1) is 0 Å². The molecule has 3 nitrogen and oxygen atoms in total. The second-order valence-electron chi connectivity index (χ2n) is 5.92. The largest absolute Gasteiger partial charge is 0.548 e. The van der Waals surface area contributed by atoms with Gasteiger partial charge in [-0.2, -0.15) is 0 Å². The number of benzene rings is 3. The Balaban J connectivity index is 2.29. The van der Waals surface area contributed by atoms with Gasteiger partial charge in [0.2, 0.25) is 0 Å². The highest BCUT2D eigenvalue weighted by Gasteiger charge is 2.46. The summed E-state index contributed by atoms with van der Waals surface area (Å²) >= 11 is 0. The zero-order valence-corrected chi connectivity index (χ0v) is 14.7. The highest BCUT2D eigenvalue weighted by Crippen LogP contribution is 2.55. The normalized spacial score (nSPS) is 12.5. The van der Waals surface area contributed by atoms with Gasteiger partial charge in [0.15, 0.2) is 0 Å². The molecule has 3 aromatic rings. The van der Waals surface area contributed by atoms with Crippen LogP contribution in [0.5, 0.6) is 0 Å². The Morgan fingerprint density at radius 2 is 1.08 bits per heavy atom. The van der Waals surface area contributed by atoms with Crippen LogP contribution in [-0.2, 0) is 4.79 Å². The van der Waals surface area contributed by atoms with Crippen molar-refractivity contribution in [2.75, 3.05) is 6.16 Å². The van der Waals surface area contributed by atoms with E-state index in [0.717, 1.165) is 15.9 Å². The molecule has 0 aromatic heterocycles. The fourth-order valence-electron chi connectivity index (χ4n) is 3.18. The minimum absolute atomic E-state index is 0.327. The summed E-state index contributed by atoms with van der Waals surface area (Å²) in [4.78, 5) is 11.5. The second kappa shape index (κ2) is 7.60. The minimum Gasteiger partial charge on any atom is -0.548 e. The van der Waals surface area contributed by atoms with E-state index in [4.69, 9.17) is 5.73 Å². The number of aliphatic carboxylic acids is 1. The molecule has 0 aliphatic heterocycles. The van der Waals surface area contributed by atoms with Crippen molar-refractivity contribution in [3.8, 4) is 0 Å². The molecule has 0 heterocycles. The highest BCUT2D eigenvalue weighted by molar-refractivity contribution is 7.95. The molecule has 0 radical (unpaired) electrons. The van der Waals surface area contributed by atoms with Crippen LogP contribution in [0.25, 0.3) is 0 Å². The molecule has 1 atom stereocenters. The lowest BCUT2D eigenvalue weighted by Gasteiger charge is -2.30. The quantitative estimate of drug-likeness (QED) is 0.677. The van der Waals surface area contributed by atoms with Crippen LogP contribution in [0.2, 0.25) is 0 Å². The van der Waals surface area contributed by atoms with Gasteiger partial charge < -0.3 is 15.6 Å². The van der Waals surface area contributed by atoms with Crippen molar-refractivity contribution in [3.63, 3.8) is 0 Å². The first-order valence-electron chi connectivity index (χ1n) is 8.16. The first kappa shape index (κ1) is 17.3. The van der Waals surface area contributed by atoms with Gasteiger partial charge in [-0.05, 0) is 36.4 Å². The summed E-state index contributed by atoms with van der Waals surface area (Å²) in [6.07, 6.45) is 0.327. The Morgan fingerprint density at radius 1 is 0.760 bits per heavy atom. The summed E-state index contributed by atoms with van der Waals surface area (Å²) in [5, 5.41) is 14.8. The number of hydrogen-bond acceptors (Lipinski definition) is 3. The van der Waals surface area contributed by atoms with Crippen LogP contribution in [0.4, 0.5) is 0 Å². The third-order valence-corrected chi connectivity index (χ3v) is 8.84. The van der Waals surface area contributed by atoms with Crippen LogP contribution >= 0.6 is 7.26 Å². The van der Waals surface area contributed by atoms with Crippen LogP contribution in [0.1, 0.15) is 0 Å². The van der Waals surface area contributed by atoms with Crippen molar-refractivity contribution >= 4 is 29.1 Å². The fourth-order valence-corrected chi connectivity index (χ4v) is 7.49. The Morgan fingerprint density at radius 3 is 1.36 bits per heavy atom. The molecule has 4 heteroatoms. The Labute approximate surface area is 148 Å². The molecule has 0 aliphatic carbocycles. The maximum Gasteiger partial charge on any atom is 0.114 e. The molecule has 0 aliphatic rings. The van der Waals surface area contributed by atoms with Crippen molar-refractivity contribution in [1.29, 1.82) is 0 Å². The van der Waals surface area contributed by atoms with Gasteiger partial charge in [0.25, 0.3) is 0 Å². The number of carboxylic acid groups (broad SMARTS) is 1. The molecule has 0 bridgehead atoms. The van der Waals surface area contributed by atoms with Crippen molar-refractivity contribution < 1.29 is 9.90 Å². The number of rotatable bonds is 6. The zero-order chi connectivity index (χ0) is 17.7. The number of nitrogens with two attached hydrogens (primary N) is 1. The van der Waals surface area contributed by atoms with Gasteiger partial charge in [-0.1, -0.05) is 54.6 Å². The van der Waals surface area contributed by atoms with E-state index in [0.29, 0.717) is 6.16 Å². The van der Waals surface area contributed by atoms with Crippen LogP contribution < -0.4 is 26.8 Å². The van der Waals surface area contributed by atoms with E-state index in [1.165, 1.54) is 0 Å². The summed E-state index contributed by atoms with van der Waals surface area (Å²) in [5.41, 5.74) is 5.98. The molecule has 0 amide bonds. The molecule has 126 valence electrons. The summed E-state index contributed by atoms with van der Waals surface area (Å²) < 4.78 is 0. The number of carbonyl (C=O) groups excluding carboxylic acids is 1. The fraction of sp³-hybridized carbons (Fsp3) is 0.0952. The smallest absolute Gasteiger partial charge is 0.114 e. The third kappa shape index (κ3) is 3.48. The molecule has 2 N–H and O–H groups in total. The molecular formula is C21H20NO2P. The van der Waals surface area contributed by atoms with E-state index in [9.17, 15) is 9.90 Å². The van der Waals surface area contributed by atoms with Gasteiger partial charge in [0.05, 0.1) is 18.2 Å². The SMILES string of the molecule is N[C@@H](C[P+](c1ccccc1)(c1ccccc1)c1ccccc1)C(=O)[O-]. The average Bonchev–Trinajstić information content (AvgIpc) is 2.68. The first-order chi connectivity index (χ1) is 12.1. The summed E-state index contributed by atoms with van der Waals surface area (Å²) in [6.45, 7) is 0. The van der Waals surface area contributed by atoms with Gasteiger partial charge >= 0.3 is 0 Å². The topological polar surface area (TPSA) is 66.2 Å². The molecule has 0 unspecified atom stereocenters. The Bertz CT molecular complexity index is 726. The Kier molecular flexibility index (Phi) is 5.28. The van der Waals surface area contributed by atoms with E-state index in [2.05, 4.69) is 36.4 Å². The van der Waals surface area contributed by atoms with E-state index in [-0.39, 0.29) is 0 Å². The first-order valence-corrected chi connectivity index (χ1v) is 10.1. The van der Waals surface area contributed by atoms with E-state index >= 15 is 0 Å². The third-order valence-electron chi connectivity index (χ3n) is 4.36. The van der Waals surface area contributed by atoms with Crippen LogP contribution in [0.15, 0.2) is 91.0 Å². The lowest BCUT2D eigenvalue weighted by atomic mass is 10.3. The number of carbonyl (C=O) groups is 1. The van der Waals surface area contributed by atoms with Crippen LogP contribution in [0.3, 0.4) is 0 Å². The molecule has 0 fully saturated rings. The summed E-state index contributed by atoms with van der Waals surface area (Å²) in [5.74, 6) is -1.22. The molecular weight excluding hydrogens is 329 g/mol. The predicted molar refractivity (Wildman–Crippen MR) is 103 cm³/mol. The van der Waals surface area contributed by atoms with Crippen molar-refractivity contribution in [2.24, 2.45) is 5.73 Å². The number of carboxylic acids is 1. The molecule has 3 aromatic carbocycles. The molecule has 25 heavy (non-hydrogen) atoms. The van der Waals surface area contributed by atoms with Gasteiger partial charge in [-0.3, -0.25) is 0 Å². The summed E-state index contributed by atoms with van der Waals surface area (Å²) in [6, 6.07) is 29.2. The van der Waals surface area contributed by atoms with E-state index in [1.807, 2.05) is 54.6 Å². The van der Waals surface area contributed by atoms with Gasteiger partial charge in [-0.25, -0.2) is 0 Å². The van der Waals surface area contributed by atoms with E-state index in [1.54, 1.807) is 0 Å². The lowest BCUT2D eigenvalue weighted by molar-refractivity contribution is -0.306. The van der Waals surface area contributed by atoms with Gasteiger partial charge in [0.1, 0.15) is 23.2 Å². The predicted octanol–water partition coefficient (Wildman–Crippen LogP) is 1.06. The standard InChI is InChI=1S/C21H20NO2P/c22-20(21(23)24)16-25(17-10-4-1-5-11-17,18-12-6-2-7-13-18)19-14-8-3-9-15-19/h1-15,20H,16,22H2/t20-/m0/s1. The van der Waals surface area contributed by atoms with Crippen LogP contribution in [-0.4, -0.2) is 18.2 Å². The van der Waals surface area contributed by atoms with E-state index < -0.39 is 19.3 Å². The molecule has 0 saturated heterocycles. The highest BCUT2D eigenvalue weighted by atomic mass is 31.2. The number of hydrogen-bond donors (Lipinski definition) is 1. The van der Waals surface area contributed by atoms with Crippen molar-refractivity contribution in [2.45, 2.75) is 6.04 Å². The Hall–Kier alpha value is -2.48. The van der Waals surface area contributed by atoms with Crippen LogP contribution in [0, 0.1) is 0 Å². The zero-order valence-electron chi connectivity index (χ0n) is 13.8. The molecule has 3 rings (SSSR count). The van der Waals surface area contributed by atoms with Crippen molar-refractivity contribution in [3.05, 3.63) is 91.0 Å². The minimum atomic E-state index is -2.21. The maximum atomic E-state index is 11.5. The second-order valence-corrected chi connectivity index (χ2v) is 9.46. The summed E-state index contributed by atoms with van der Waals surface area (Å²) in [7, 11) is -2.21. The lowest BCUT2D eigenvalue weighted by Crippen LogP contribution is -2.48. The molecule has 0 spiro atoms.